The number of aromatic carboxylic acids is 1. The van der Waals surface area contributed by atoms with Crippen LogP contribution >= 0.6 is 0 Å². The predicted octanol–water partition coefficient (Wildman–Crippen LogP) is 1.12. The van der Waals surface area contributed by atoms with Gasteiger partial charge in [-0.25, -0.2) is 4.79 Å². The number of aromatic nitrogens is 1. The van der Waals surface area contributed by atoms with Crippen LogP contribution in [0.5, 0.6) is 0 Å². The molecule has 0 aliphatic rings. The van der Waals surface area contributed by atoms with Crippen molar-refractivity contribution in [1.29, 1.82) is 0 Å². The molecule has 0 aliphatic heterocycles. The summed E-state index contributed by atoms with van der Waals surface area (Å²) in [6.45, 7) is 5.33. The van der Waals surface area contributed by atoms with Crippen LogP contribution in [0.15, 0.2) is 10.6 Å². The Morgan fingerprint density at radius 3 is 2.68 bits per heavy atom. The topological polar surface area (TPSA) is 92.9 Å². The zero-order valence-corrected chi connectivity index (χ0v) is 11.3. The van der Waals surface area contributed by atoms with Gasteiger partial charge in [0.25, 0.3) is 5.91 Å². The zero-order chi connectivity index (χ0) is 14.4. The number of carboxylic acid groups (broad SMARTS) is 1. The van der Waals surface area contributed by atoms with Crippen LogP contribution in [0.1, 0.15) is 34.9 Å². The van der Waals surface area contributed by atoms with Gasteiger partial charge in [0, 0.05) is 26.3 Å². The van der Waals surface area contributed by atoms with E-state index in [1.54, 1.807) is 12.0 Å². The molecule has 7 heteroatoms. The molecule has 1 heterocycles. The second kappa shape index (κ2) is 6.89. The summed E-state index contributed by atoms with van der Waals surface area (Å²) in [6.07, 6.45) is 0. The highest BCUT2D eigenvalue weighted by molar-refractivity contribution is 5.94. The maximum Gasteiger partial charge on any atom is 0.374 e. The third-order valence-electron chi connectivity index (χ3n) is 2.38. The summed E-state index contributed by atoms with van der Waals surface area (Å²) < 4.78 is 9.53. The molecule has 0 fully saturated rings. The van der Waals surface area contributed by atoms with Crippen LogP contribution in [0.25, 0.3) is 0 Å². The Labute approximate surface area is 111 Å². The lowest BCUT2D eigenvalue weighted by atomic mass is 10.2. The first-order valence-corrected chi connectivity index (χ1v) is 5.94. The lowest BCUT2D eigenvalue weighted by molar-refractivity contribution is 0.0639. The fourth-order valence-electron chi connectivity index (χ4n) is 1.56. The first kappa shape index (κ1) is 15.2. The smallest absolute Gasteiger partial charge is 0.374 e. The molecular formula is C12H18N2O5. The minimum atomic E-state index is -1.25. The number of methoxy groups -OCH3 is 1. The molecule has 19 heavy (non-hydrogen) atoms. The van der Waals surface area contributed by atoms with Crippen LogP contribution in [0.4, 0.5) is 0 Å². The number of hydrogen-bond donors (Lipinski definition) is 1. The maximum absolute atomic E-state index is 12.2. The van der Waals surface area contributed by atoms with E-state index in [1.807, 2.05) is 13.8 Å². The van der Waals surface area contributed by atoms with Gasteiger partial charge in [0.05, 0.1) is 6.61 Å². The highest BCUT2D eigenvalue weighted by atomic mass is 16.5. The Bertz CT molecular complexity index is 441. The van der Waals surface area contributed by atoms with Crippen molar-refractivity contribution in [3.63, 3.8) is 0 Å². The summed E-state index contributed by atoms with van der Waals surface area (Å²) in [5, 5.41) is 12.2. The third-order valence-corrected chi connectivity index (χ3v) is 2.38. The van der Waals surface area contributed by atoms with Gasteiger partial charge < -0.3 is 19.3 Å². The zero-order valence-electron chi connectivity index (χ0n) is 11.3. The van der Waals surface area contributed by atoms with Crippen molar-refractivity contribution >= 4 is 11.9 Å². The molecule has 1 N–H and O–H groups in total. The molecule has 1 amide bonds. The standard InChI is InChI=1S/C12H18N2O5/c1-8(2)7-14(4-5-18-3)11(15)9-6-10(12(16)17)19-13-9/h6,8H,4-5,7H2,1-3H3,(H,16,17). The second-order valence-corrected chi connectivity index (χ2v) is 4.52. The molecule has 0 aliphatic carbocycles. The van der Waals surface area contributed by atoms with E-state index in [1.165, 1.54) is 0 Å². The van der Waals surface area contributed by atoms with Crippen LogP contribution in [0.3, 0.4) is 0 Å². The Morgan fingerprint density at radius 1 is 1.53 bits per heavy atom. The third kappa shape index (κ3) is 4.36. The lowest BCUT2D eigenvalue weighted by Gasteiger charge is -2.23. The van der Waals surface area contributed by atoms with E-state index in [4.69, 9.17) is 9.84 Å². The number of ether oxygens (including phenoxy) is 1. The average Bonchev–Trinajstić information content (AvgIpc) is 2.82. The van der Waals surface area contributed by atoms with Gasteiger partial charge in [0.2, 0.25) is 5.76 Å². The van der Waals surface area contributed by atoms with Crippen LogP contribution in [0.2, 0.25) is 0 Å². The predicted molar refractivity (Wildman–Crippen MR) is 66.1 cm³/mol. The SMILES string of the molecule is COCCN(CC(C)C)C(=O)c1cc(C(=O)O)on1. The van der Waals surface area contributed by atoms with E-state index in [2.05, 4.69) is 9.68 Å². The van der Waals surface area contributed by atoms with Crippen LogP contribution in [-0.2, 0) is 4.74 Å². The number of carboxylic acids is 1. The fraction of sp³-hybridized carbons (Fsp3) is 0.583. The van der Waals surface area contributed by atoms with Crippen molar-refractivity contribution in [2.45, 2.75) is 13.8 Å². The first-order chi connectivity index (χ1) is 8.95. The van der Waals surface area contributed by atoms with Gasteiger partial charge in [0.1, 0.15) is 0 Å². The number of carbonyl (C=O) groups is 2. The Hall–Kier alpha value is -1.89. The van der Waals surface area contributed by atoms with Crippen molar-refractivity contribution in [1.82, 2.24) is 10.1 Å². The van der Waals surface area contributed by atoms with E-state index < -0.39 is 5.97 Å². The highest BCUT2D eigenvalue weighted by Crippen LogP contribution is 2.09. The molecule has 0 aromatic carbocycles. The molecule has 0 unspecified atom stereocenters. The molecule has 0 radical (unpaired) electrons. The van der Waals surface area contributed by atoms with E-state index in [9.17, 15) is 9.59 Å². The van der Waals surface area contributed by atoms with E-state index >= 15 is 0 Å². The molecule has 1 rings (SSSR count). The Kier molecular flexibility index (Phi) is 5.50. The Morgan fingerprint density at radius 2 is 2.21 bits per heavy atom. The van der Waals surface area contributed by atoms with Crippen LogP contribution < -0.4 is 0 Å². The van der Waals surface area contributed by atoms with Crippen molar-refractivity contribution in [2.75, 3.05) is 26.8 Å². The first-order valence-electron chi connectivity index (χ1n) is 5.94. The molecule has 0 atom stereocenters. The van der Waals surface area contributed by atoms with Gasteiger partial charge in [0.15, 0.2) is 5.69 Å². The molecule has 1 aromatic rings. The fourth-order valence-corrected chi connectivity index (χ4v) is 1.56. The average molecular weight is 270 g/mol. The van der Waals surface area contributed by atoms with Crippen molar-refractivity contribution in [3.8, 4) is 0 Å². The maximum atomic E-state index is 12.2. The minimum Gasteiger partial charge on any atom is -0.475 e. The Balaban J connectivity index is 2.81. The van der Waals surface area contributed by atoms with Crippen molar-refractivity contribution in [3.05, 3.63) is 17.5 Å². The molecule has 1 aromatic heterocycles. The van der Waals surface area contributed by atoms with Gasteiger partial charge in [-0.1, -0.05) is 19.0 Å². The molecule has 0 saturated heterocycles. The van der Waals surface area contributed by atoms with Gasteiger partial charge in [-0.2, -0.15) is 0 Å². The summed E-state index contributed by atoms with van der Waals surface area (Å²) in [5.74, 6) is -1.67. The summed E-state index contributed by atoms with van der Waals surface area (Å²) in [6, 6.07) is 1.13. The van der Waals surface area contributed by atoms with E-state index in [-0.39, 0.29) is 23.3 Å². The quantitative estimate of drug-likeness (QED) is 0.798. The highest BCUT2D eigenvalue weighted by Gasteiger charge is 2.22. The van der Waals surface area contributed by atoms with E-state index in [0.717, 1.165) is 6.07 Å². The van der Waals surface area contributed by atoms with Gasteiger partial charge in [-0.05, 0) is 5.92 Å². The summed E-state index contributed by atoms with van der Waals surface area (Å²) >= 11 is 0. The summed E-state index contributed by atoms with van der Waals surface area (Å²) in [5.41, 5.74) is -0.00541. The molecule has 106 valence electrons. The van der Waals surface area contributed by atoms with Crippen LogP contribution in [-0.4, -0.2) is 53.8 Å². The molecular weight excluding hydrogens is 252 g/mol. The van der Waals surface area contributed by atoms with Gasteiger partial charge in [-0.3, -0.25) is 4.79 Å². The number of amides is 1. The number of rotatable bonds is 7. The molecule has 7 nitrogen and oxygen atoms in total. The van der Waals surface area contributed by atoms with Gasteiger partial charge >= 0.3 is 5.97 Å². The largest absolute Gasteiger partial charge is 0.475 e. The minimum absolute atomic E-state index is 0.00541. The second-order valence-electron chi connectivity index (χ2n) is 4.52. The van der Waals surface area contributed by atoms with E-state index in [0.29, 0.717) is 19.7 Å². The molecule has 0 bridgehead atoms. The van der Waals surface area contributed by atoms with Crippen LogP contribution in [0, 0.1) is 5.92 Å². The molecule has 0 saturated carbocycles. The normalized spacial score (nSPS) is 10.7. The summed E-state index contributed by atoms with van der Waals surface area (Å²) in [7, 11) is 1.55. The number of hydrogen-bond acceptors (Lipinski definition) is 5. The van der Waals surface area contributed by atoms with Crippen molar-refractivity contribution in [2.24, 2.45) is 5.92 Å². The number of carbonyl (C=O) groups excluding carboxylic acids is 1. The lowest BCUT2D eigenvalue weighted by Crippen LogP contribution is -2.36. The van der Waals surface area contributed by atoms with Gasteiger partial charge in [-0.15, -0.1) is 0 Å². The number of nitrogens with zero attached hydrogens (tertiary/aromatic N) is 2. The monoisotopic (exact) mass is 270 g/mol. The summed E-state index contributed by atoms with van der Waals surface area (Å²) in [4.78, 5) is 24.4. The molecule has 0 spiro atoms. The van der Waals surface area contributed by atoms with Crippen molar-refractivity contribution < 1.29 is 24.0 Å².